The van der Waals surface area contributed by atoms with Gasteiger partial charge in [0.15, 0.2) is 0 Å². The van der Waals surface area contributed by atoms with Crippen molar-refractivity contribution in [3.63, 3.8) is 0 Å². The average molecular weight is 403 g/mol. The van der Waals surface area contributed by atoms with Crippen LogP contribution in [0.1, 0.15) is 24.2 Å². The van der Waals surface area contributed by atoms with Gasteiger partial charge in [-0.25, -0.2) is 17.5 Å². The van der Waals surface area contributed by atoms with Crippen LogP contribution in [0.2, 0.25) is 0 Å². The molecular weight excluding hydrogens is 381 g/mol. The highest BCUT2D eigenvalue weighted by atomic mass is 32.2. The number of anilines is 1. The van der Waals surface area contributed by atoms with E-state index in [1.54, 1.807) is 30.3 Å². The number of halogens is 1. The number of rotatable bonds is 5. The fourth-order valence-electron chi connectivity index (χ4n) is 2.95. The summed E-state index contributed by atoms with van der Waals surface area (Å²) in [6.07, 6.45) is 0.935. The van der Waals surface area contributed by atoms with E-state index in [0.29, 0.717) is 0 Å². The van der Waals surface area contributed by atoms with E-state index in [1.165, 1.54) is 12.1 Å². The minimum atomic E-state index is -3.65. The lowest BCUT2D eigenvalue weighted by molar-refractivity contribution is 0.0982. The topological polar surface area (TPSA) is 71.4 Å². The normalized spacial score (nSPS) is 11.8. The molecule has 3 rings (SSSR count). The number of aromatic nitrogens is 1. The number of nitrogens with one attached hydrogen (secondary N) is 1. The maximum atomic E-state index is 13.4. The molecule has 0 aliphatic rings. The molecule has 28 heavy (non-hydrogen) atoms. The second-order valence-corrected chi connectivity index (χ2v) is 8.74. The monoisotopic (exact) mass is 403 g/mol. The first-order valence-electron chi connectivity index (χ1n) is 8.73. The van der Waals surface area contributed by atoms with Gasteiger partial charge in [0.25, 0.3) is 5.91 Å². The lowest BCUT2D eigenvalue weighted by atomic mass is 10.1. The van der Waals surface area contributed by atoms with E-state index in [1.807, 2.05) is 22.4 Å². The number of sulfonamides is 1. The van der Waals surface area contributed by atoms with Gasteiger partial charge in [0, 0.05) is 29.7 Å². The van der Waals surface area contributed by atoms with Crippen molar-refractivity contribution in [2.75, 3.05) is 18.2 Å². The van der Waals surface area contributed by atoms with Crippen LogP contribution < -0.4 is 9.62 Å². The van der Waals surface area contributed by atoms with Crippen LogP contribution >= 0.6 is 0 Å². The number of hydrogen-bond acceptors (Lipinski definition) is 4. The van der Waals surface area contributed by atoms with Gasteiger partial charge in [0.2, 0.25) is 10.0 Å². The van der Waals surface area contributed by atoms with E-state index in [2.05, 4.69) is 18.7 Å². The van der Waals surface area contributed by atoms with Crippen LogP contribution in [0.25, 0.3) is 16.6 Å². The largest absolute Gasteiger partial charge is 0.358 e. The Bertz CT molecular complexity index is 1140. The van der Waals surface area contributed by atoms with Crippen molar-refractivity contribution in [3.05, 3.63) is 59.9 Å². The molecule has 0 bridgehead atoms. The minimum absolute atomic E-state index is 0.205. The molecule has 1 N–H and O–H groups in total. The molecular formula is C20H22FN3O3S. The summed E-state index contributed by atoms with van der Waals surface area (Å²) < 4.78 is 40.0. The zero-order valence-electron chi connectivity index (χ0n) is 16.1. The number of fused-ring (bicyclic) bond motifs is 1. The molecule has 3 aromatic rings. The van der Waals surface area contributed by atoms with Crippen molar-refractivity contribution in [3.8, 4) is 5.69 Å². The molecule has 6 nitrogen and oxygen atoms in total. The maximum Gasteiger partial charge on any atom is 0.264 e. The van der Waals surface area contributed by atoms with Crippen LogP contribution in [0.4, 0.5) is 10.2 Å². The minimum Gasteiger partial charge on any atom is -0.358 e. The van der Waals surface area contributed by atoms with Crippen molar-refractivity contribution in [2.45, 2.75) is 19.9 Å². The summed E-state index contributed by atoms with van der Waals surface area (Å²) in [6, 6.07) is 13.3. The summed E-state index contributed by atoms with van der Waals surface area (Å²) in [4.78, 5) is 14.3. The molecule has 0 fully saturated rings. The van der Waals surface area contributed by atoms with Gasteiger partial charge in [-0.1, -0.05) is 0 Å². The summed E-state index contributed by atoms with van der Waals surface area (Å²) in [7, 11) is -1.69. The highest BCUT2D eigenvalue weighted by molar-refractivity contribution is 7.89. The SMILES string of the molecule is CC(C)N(C)c1cc2cc(C(=O)NS(C)(=O)=O)ccc2n1-c1ccc(F)cc1. The fraction of sp³-hybridized carbons (Fsp3) is 0.250. The highest BCUT2D eigenvalue weighted by Gasteiger charge is 2.18. The van der Waals surface area contributed by atoms with Crippen LogP contribution in [0.15, 0.2) is 48.5 Å². The van der Waals surface area contributed by atoms with Gasteiger partial charge in [0.05, 0.1) is 11.8 Å². The van der Waals surface area contributed by atoms with Crippen LogP contribution in [-0.2, 0) is 10.0 Å². The van der Waals surface area contributed by atoms with Crippen molar-refractivity contribution < 1.29 is 17.6 Å². The molecule has 1 amide bonds. The molecule has 1 aromatic heterocycles. The van der Waals surface area contributed by atoms with E-state index in [4.69, 9.17) is 0 Å². The predicted octanol–water partition coefficient (Wildman–Crippen LogP) is 3.30. The third-order valence-corrected chi connectivity index (χ3v) is 5.10. The second-order valence-electron chi connectivity index (χ2n) is 7.00. The van der Waals surface area contributed by atoms with Crippen LogP contribution in [0.5, 0.6) is 0 Å². The Morgan fingerprint density at radius 2 is 1.75 bits per heavy atom. The predicted molar refractivity (Wildman–Crippen MR) is 109 cm³/mol. The zero-order valence-corrected chi connectivity index (χ0v) is 16.9. The third kappa shape index (κ3) is 4.01. The second kappa shape index (κ2) is 7.27. The lowest BCUT2D eigenvalue weighted by Crippen LogP contribution is -2.29. The standard InChI is InChI=1S/C20H22FN3O3S/c1-13(2)23(3)19-12-15-11-14(20(25)22-28(4,26)27)5-10-18(15)24(19)17-8-6-16(21)7-9-17/h5-13H,1-4H3,(H,22,25). The van der Waals surface area contributed by atoms with Crippen LogP contribution in [0.3, 0.4) is 0 Å². The number of hydrogen-bond donors (Lipinski definition) is 1. The van der Waals surface area contributed by atoms with Crippen molar-refractivity contribution in [1.82, 2.24) is 9.29 Å². The molecule has 148 valence electrons. The molecule has 0 spiro atoms. The molecule has 0 atom stereocenters. The smallest absolute Gasteiger partial charge is 0.264 e. The first-order chi connectivity index (χ1) is 13.1. The van der Waals surface area contributed by atoms with Gasteiger partial charge < -0.3 is 4.90 Å². The zero-order chi connectivity index (χ0) is 20.6. The Morgan fingerprint density at radius 1 is 1.11 bits per heavy atom. The van der Waals surface area contributed by atoms with E-state index in [9.17, 15) is 17.6 Å². The average Bonchev–Trinajstić information content (AvgIpc) is 2.98. The van der Waals surface area contributed by atoms with E-state index >= 15 is 0 Å². The van der Waals surface area contributed by atoms with E-state index in [0.717, 1.165) is 28.7 Å². The molecule has 0 saturated carbocycles. The fourth-order valence-corrected chi connectivity index (χ4v) is 3.41. The summed E-state index contributed by atoms with van der Waals surface area (Å²) in [5, 5.41) is 0.771. The Morgan fingerprint density at radius 3 is 2.32 bits per heavy atom. The van der Waals surface area contributed by atoms with Crippen LogP contribution in [-0.4, -0.2) is 38.2 Å². The third-order valence-electron chi connectivity index (χ3n) is 4.54. The molecule has 0 aliphatic heterocycles. The van der Waals surface area contributed by atoms with E-state index < -0.39 is 15.9 Å². The van der Waals surface area contributed by atoms with Gasteiger partial charge in [-0.2, -0.15) is 0 Å². The highest BCUT2D eigenvalue weighted by Crippen LogP contribution is 2.31. The Hall–Kier alpha value is -2.87. The Labute approximate surface area is 163 Å². The van der Waals surface area contributed by atoms with Crippen molar-refractivity contribution >= 4 is 32.7 Å². The molecule has 2 aromatic carbocycles. The van der Waals surface area contributed by atoms with Crippen LogP contribution in [0, 0.1) is 5.82 Å². The molecule has 0 aliphatic carbocycles. The summed E-state index contributed by atoms with van der Waals surface area (Å²) >= 11 is 0. The summed E-state index contributed by atoms with van der Waals surface area (Å²) in [6.45, 7) is 4.11. The first kappa shape index (κ1) is 19.9. The van der Waals surface area contributed by atoms with Gasteiger partial charge >= 0.3 is 0 Å². The number of carbonyl (C=O) groups is 1. The quantitative estimate of drug-likeness (QED) is 0.710. The number of nitrogens with zero attached hydrogens (tertiary/aromatic N) is 2. The van der Waals surface area contributed by atoms with Gasteiger partial charge in [-0.3, -0.25) is 9.36 Å². The molecule has 8 heteroatoms. The Kier molecular flexibility index (Phi) is 5.16. The number of carbonyl (C=O) groups excluding carboxylic acids is 1. The van der Waals surface area contributed by atoms with Crippen molar-refractivity contribution in [1.29, 1.82) is 0 Å². The number of amides is 1. The molecule has 0 saturated heterocycles. The van der Waals surface area contributed by atoms with Gasteiger partial charge in [0.1, 0.15) is 11.6 Å². The molecule has 0 radical (unpaired) electrons. The first-order valence-corrected chi connectivity index (χ1v) is 10.6. The van der Waals surface area contributed by atoms with E-state index in [-0.39, 0.29) is 17.4 Å². The lowest BCUT2D eigenvalue weighted by Gasteiger charge is -2.25. The maximum absolute atomic E-state index is 13.4. The number of benzene rings is 2. The Balaban J connectivity index is 2.18. The molecule has 1 heterocycles. The van der Waals surface area contributed by atoms with Gasteiger partial charge in [-0.15, -0.1) is 0 Å². The summed E-state index contributed by atoms with van der Waals surface area (Å²) in [5.41, 5.74) is 1.85. The van der Waals surface area contributed by atoms with Crippen molar-refractivity contribution in [2.24, 2.45) is 0 Å². The summed E-state index contributed by atoms with van der Waals surface area (Å²) in [5.74, 6) is -0.131. The van der Waals surface area contributed by atoms with Gasteiger partial charge in [-0.05, 0) is 62.4 Å². The molecule has 0 unspecified atom stereocenters.